The Bertz CT molecular complexity index is 421. The van der Waals surface area contributed by atoms with Crippen LogP contribution in [0.3, 0.4) is 0 Å². The van der Waals surface area contributed by atoms with Crippen molar-refractivity contribution in [2.45, 2.75) is 46.1 Å². The van der Waals surface area contributed by atoms with Crippen molar-refractivity contribution < 1.29 is 0 Å². The molecule has 0 amide bonds. The van der Waals surface area contributed by atoms with Crippen LogP contribution in [0.5, 0.6) is 0 Å². The van der Waals surface area contributed by atoms with Gasteiger partial charge in [0.1, 0.15) is 0 Å². The molecule has 0 aliphatic heterocycles. The lowest BCUT2D eigenvalue weighted by atomic mass is 9.80. The van der Waals surface area contributed by atoms with Crippen molar-refractivity contribution in [2.24, 2.45) is 11.8 Å². The number of hydrogen-bond acceptors (Lipinski definition) is 1. The molecule has 1 aromatic carbocycles. The predicted molar refractivity (Wildman–Crippen MR) is 80.8 cm³/mol. The van der Waals surface area contributed by atoms with E-state index in [4.69, 9.17) is 23.2 Å². The van der Waals surface area contributed by atoms with Gasteiger partial charge in [-0.3, -0.25) is 0 Å². The first kappa shape index (κ1) is 14.0. The average Bonchev–Trinajstić information content (AvgIpc) is 2.24. The van der Waals surface area contributed by atoms with E-state index in [9.17, 15) is 0 Å². The summed E-state index contributed by atoms with van der Waals surface area (Å²) in [6.45, 7) is 6.63. The van der Waals surface area contributed by atoms with E-state index in [-0.39, 0.29) is 0 Å². The Morgan fingerprint density at radius 2 is 1.61 bits per heavy atom. The second-order valence-corrected chi connectivity index (χ2v) is 6.65. The van der Waals surface area contributed by atoms with E-state index >= 15 is 0 Å². The summed E-state index contributed by atoms with van der Waals surface area (Å²) in [6, 6.07) is 4.39. The summed E-state index contributed by atoms with van der Waals surface area (Å²) < 4.78 is 0. The molecular weight excluding hydrogens is 265 g/mol. The average molecular weight is 286 g/mol. The number of aryl methyl sites for hydroxylation is 1. The summed E-state index contributed by atoms with van der Waals surface area (Å²) in [5.41, 5.74) is 2.00. The Hall–Kier alpha value is -0.400. The van der Waals surface area contributed by atoms with Crippen LogP contribution in [-0.2, 0) is 0 Å². The normalized spacial score (nSPS) is 28.2. The third-order valence-corrected chi connectivity index (χ3v) is 4.51. The maximum atomic E-state index is 6.27. The molecule has 0 aromatic heterocycles. The molecule has 3 heteroatoms. The minimum absolute atomic E-state index is 0.514. The lowest BCUT2D eigenvalue weighted by Crippen LogP contribution is -2.30. The smallest absolute Gasteiger partial charge is 0.0641 e. The van der Waals surface area contributed by atoms with E-state index in [1.54, 1.807) is 0 Å². The Morgan fingerprint density at radius 3 is 2.22 bits per heavy atom. The van der Waals surface area contributed by atoms with Crippen LogP contribution in [0.1, 0.15) is 38.7 Å². The Labute approximate surface area is 120 Å². The van der Waals surface area contributed by atoms with E-state index < -0.39 is 0 Å². The number of nitrogens with one attached hydrogen (secondary N) is 1. The summed E-state index contributed by atoms with van der Waals surface area (Å²) >= 11 is 12.4. The van der Waals surface area contributed by atoms with Gasteiger partial charge in [-0.05, 0) is 55.7 Å². The van der Waals surface area contributed by atoms with Crippen LogP contribution in [0.25, 0.3) is 0 Å². The summed E-state index contributed by atoms with van der Waals surface area (Å²) in [7, 11) is 0. The van der Waals surface area contributed by atoms with Crippen LogP contribution in [0.15, 0.2) is 12.1 Å². The lowest BCUT2D eigenvalue weighted by molar-refractivity contribution is 0.281. The van der Waals surface area contributed by atoms with Crippen LogP contribution in [0, 0.1) is 18.8 Å². The van der Waals surface area contributed by atoms with Crippen LogP contribution in [-0.4, -0.2) is 6.04 Å². The third kappa shape index (κ3) is 3.33. The quantitative estimate of drug-likeness (QED) is 0.752. The molecule has 2 atom stereocenters. The molecule has 0 saturated heterocycles. The first-order valence-electron chi connectivity index (χ1n) is 6.68. The van der Waals surface area contributed by atoms with Gasteiger partial charge in [0, 0.05) is 11.1 Å². The standard InChI is InChI=1S/C15H21Cl2N/c1-9-4-10(2)6-12(5-9)18-15-8-13(16)11(3)7-14(15)17/h7-10,12,18H,4-6H2,1-3H3. The zero-order valence-corrected chi connectivity index (χ0v) is 12.8. The number of halogens is 2. The maximum Gasteiger partial charge on any atom is 0.0641 e. The number of rotatable bonds is 2. The summed E-state index contributed by atoms with van der Waals surface area (Å²) in [5, 5.41) is 5.10. The molecule has 1 aliphatic rings. The predicted octanol–water partition coefficient (Wildman–Crippen LogP) is 5.54. The second-order valence-electron chi connectivity index (χ2n) is 5.84. The zero-order valence-electron chi connectivity index (χ0n) is 11.3. The fourth-order valence-corrected chi connectivity index (χ4v) is 3.48. The molecule has 1 fully saturated rings. The van der Waals surface area contributed by atoms with Gasteiger partial charge < -0.3 is 5.32 Å². The van der Waals surface area contributed by atoms with Gasteiger partial charge in [0.2, 0.25) is 0 Å². The van der Waals surface area contributed by atoms with Crippen molar-refractivity contribution in [3.05, 3.63) is 27.7 Å². The van der Waals surface area contributed by atoms with Crippen LogP contribution in [0.4, 0.5) is 5.69 Å². The molecule has 1 N–H and O–H groups in total. The van der Waals surface area contributed by atoms with Gasteiger partial charge in [0.15, 0.2) is 0 Å². The number of anilines is 1. The number of benzene rings is 1. The first-order chi connectivity index (χ1) is 8.45. The highest BCUT2D eigenvalue weighted by Crippen LogP contribution is 2.34. The molecular formula is C15H21Cl2N. The highest BCUT2D eigenvalue weighted by atomic mass is 35.5. The molecule has 2 unspecified atom stereocenters. The van der Waals surface area contributed by atoms with Gasteiger partial charge in [-0.2, -0.15) is 0 Å². The molecule has 1 nitrogen and oxygen atoms in total. The lowest BCUT2D eigenvalue weighted by Gasteiger charge is -2.33. The molecule has 2 rings (SSSR count). The van der Waals surface area contributed by atoms with E-state index in [0.717, 1.165) is 33.1 Å². The van der Waals surface area contributed by atoms with Gasteiger partial charge >= 0.3 is 0 Å². The Kier molecular flexibility index (Phi) is 4.45. The van der Waals surface area contributed by atoms with Crippen LogP contribution in [0.2, 0.25) is 10.0 Å². The summed E-state index contributed by atoms with van der Waals surface area (Å²) in [6.07, 6.45) is 3.76. The SMILES string of the molecule is Cc1cc(Cl)c(NC2CC(C)CC(C)C2)cc1Cl. The fraction of sp³-hybridized carbons (Fsp3) is 0.600. The van der Waals surface area contributed by atoms with Gasteiger partial charge in [-0.15, -0.1) is 0 Å². The molecule has 100 valence electrons. The van der Waals surface area contributed by atoms with E-state index in [2.05, 4.69) is 19.2 Å². The van der Waals surface area contributed by atoms with Crippen molar-refractivity contribution in [2.75, 3.05) is 5.32 Å². The van der Waals surface area contributed by atoms with Crippen molar-refractivity contribution in [3.8, 4) is 0 Å². The molecule has 0 radical (unpaired) electrons. The minimum Gasteiger partial charge on any atom is -0.381 e. The maximum absolute atomic E-state index is 6.27. The molecule has 1 aromatic rings. The first-order valence-corrected chi connectivity index (χ1v) is 7.43. The van der Waals surface area contributed by atoms with Crippen LogP contribution >= 0.6 is 23.2 Å². The summed E-state index contributed by atoms with van der Waals surface area (Å²) in [4.78, 5) is 0. The van der Waals surface area contributed by atoms with Crippen LogP contribution < -0.4 is 5.32 Å². The van der Waals surface area contributed by atoms with Crippen molar-refractivity contribution in [3.63, 3.8) is 0 Å². The van der Waals surface area contributed by atoms with Gasteiger partial charge in [0.05, 0.1) is 10.7 Å². The summed E-state index contributed by atoms with van der Waals surface area (Å²) in [5.74, 6) is 1.57. The number of hydrogen-bond donors (Lipinski definition) is 1. The van der Waals surface area contributed by atoms with E-state index in [0.29, 0.717) is 6.04 Å². The van der Waals surface area contributed by atoms with E-state index in [1.807, 2.05) is 19.1 Å². The molecule has 1 aliphatic carbocycles. The second kappa shape index (κ2) is 5.71. The van der Waals surface area contributed by atoms with Crippen molar-refractivity contribution in [1.82, 2.24) is 0 Å². The van der Waals surface area contributed by atoms with Crippen molar-refractivity contribution >= 4 is 28.9 Å². The minimum atomic E-state index is 0.514. The van der Waals surface area contributed by atoms with E-state index in [1.165, 1.54) is 19.3 Å². The Balaban J connectivity index is 2.11. The molecule has 0 spiro atoms. The largest absolute Gasteiger partial charge is 0.381 e. The molecule has 1 saturated carbocycles. The zero-order chi connectivity index (χ0) is 13.3. The molecule has 0 bridgehead atoms. The highest BCUT2D eigenvalue weighted by Gasteiger charge is 2.24. The van der Waals surface area contributed by atoms with Gasteiger partial charge in [0.25, 0.3) is 0 Å². The third-order valence-electron chi connectivity index (χ3n) is 3.79. The monoisotopic (exact) mass is 285 g/mol. The van der Waals surface area contributed by atoms with Crippen molar-refractivity contribution in [1.29, 1.82) is 0 Å². The van der Waals surface area contributed by atoms with Gasteiger partial charge in [-0.25, -0.2) is 0 Å². The Morgan fingerprint density at radius 1 is 1.00 bits per heavy atom. The topological polar surface area (TPSA) is 12.0 Å². The fourth-order valence-electron chi connectivity index (χ4n) is 3.04. The molecule has 0 heterocycles. The van der Waals surface area contributed by atoms with Gasteiger partial charge in [-0.1, -0.05) is 37.0 Å². The highest BCUT2D eigenvalue weighted by molar-refractivity contribution is 6.35. The molecule has 18 heavy (non-hydrogen) atoms.